The number of nitrogens with zero attached hydrogens (tertiary/aromatic N) is 1. The second-order valence-electron chi connectivity index (χ2n) is 9.00. The van der Waals surface area contributed by atoms with Crippen LogP contribution in [0.3, 0.4) is 0 Å². The topological polar surface area (TPSA) is 47.9 Å². The zero-order valence-corrected chi connectivity index (χ0v) is 18.0. The highest BCUT2D eigenvalue weighted by Crippen LogP contribution is 2.37. The van der Waals surface area contributed by atoms with E-state index in [4.69, 9.17) is 14.5 Å². The number of esters is 1. The number of hydrogen-bond acceptors (Lipinski definition) is 4. The molecule has 2 aromatic rings. The Morgan fingerprint density at radius 2 is 1.70 bits per heavy atom. The van der Waals surface area contributed by atoms with Gasteiger partial charge < -0.3 is 9.47 Å². The lowest BCUT2D eigenvalue weighted by atomic mass is 9.75. The van der Waals surface area contributed by atoms with Crippen molar-refractivity contribution in [1.29, 1.82) is 0 Å². The van der Waals surface area contributed by atoms with Gasteiger partial charge in [0.2, 0.25) is 12.0 Å². The number of rotatable bonds is 5. The summed E-state index contributed by atoms with van der Waals surface area (Å²) in [4.78, 5) is 18.1. The van der Waals surface area contributed by atoms with Crippen LogP contribution in [0.5, 0.6) is 0 Å². The standard InChI is InChI=1S/C26H31NO3/c1-17(2)21-15-14-18(3)16-22(21)29-26(28)24-23(19-10-6-4-7-11-19)27-25(30-24)20-12-8-5-9-13-20/h4-13,17-18,21-24H,14-16H2,1-3H3/t18-,21-,22?,23?,24?/m0/s1. The second kappa shape index (κ2) is 9.03. The molecule has 1 heterocycles. The molecule has 158 valence electrons. The zero-order valence-electron chi connectivity index (χ0n) is 18.0. The molecule has 3 unspecified atom stereocenters. The van der Waals surface area contributed by atoms with Gasteiger partial charge in [-0.25, -0.2) is 9.79 Å². The fourth-order valence-corrected chi connectivity index (χ4v) is 4.68. The molecule has 1 aliphatic carbocycles. The van der Waals surface area contributed by atoms with Crippen molar-refractivity contribution in [3.63, 3.8) is 0 Å². The maximum absolute atomic E-state index is 13.3. The molecule has 0 amide bonds. The van der Waals surface area contributed by atoms with Crippen LogP contribution in [0.15, 0.2) is 65.7 Å². The van der Waals surface area contributed by atoms with Gasteiger partial charge in [0.15, 0.2) is 0 Å². The van der Waals surface area contributed by atoms with Crippen molar-refractivity contribution in [2.75, 3.05) is 0 Å². The van der Waals surface area contributed by atoms with E-state index in [0.717, 1.165) is 24.0 Å². The lowest BCUT2D eigenvalue weighted by Crippen LogP contribution is -2.39. The molecule has 4 rings (SSSR count). The third-order valence-corrected chi connectivity index (χ3v) is 6.40. The van der Waals surface area contributed by atoms with E-state index in [1.165, 1.54) is 6.42 Å². The molecule has 5 atom stereocenters. The van der Waals surface area contributed by atoms with Crippen molar-refractivity contribution in [1.82, 2.24) is 0 Å². The quantitative estimate of drug-likeness (QED) is 0.610. The van der Waals surface area contributed by atoms with Crippen LogP contribution >= 0.6 is 0 Å². The van der Waals surface area contributed by atoms with Crippen molar-refractivity contribution >= 4 is 11.9 Å². The summed E-state index contributed by atoms with van der Waals surface area (Å²) in [6, 6.07) is 19.2. The highest BCUT2D eigenvalue weighted by molar-refractivity contribution is 5.98. The Hall–Kier alpha value is -2.62. The largest absolute Gasteiger partial charge is 0.459 e. The van der Waals surface area contributed by atoms with Crippen LogP contribution in [0.2, 0.25) is 0 Å². The minimum atomic E-state index is -0.757. The Labute approximate surface area is 179 Å². The molecule has 1 fully saturated rings. The van der Waals surface area contributed by atoms with Crippen LogP contribution in [0.4, 0.5) is 0 Å². The Bertz CT molecular complexity index is 878. The molecule has 2 aromatic carbocycles. The van der Waals surface area contributed by atoms with Gasteiger partial charge in [-0.15, -0.1) is 0 Å². The lowest BCUT2D eigenvalue weighted by Gasteiger charge is -2.37. The Morgan fingerprint density at radius 3 is 2.37 bits per heavy atom. The molecule has 4 heteroatoms. The summed E-state index contributed by atoms with van der Waals surface area (Å²) >= 11 is 0. The van der Waals surface area contributed by atoms with Gasteiger partial charge in [-0.2, -0.15) is 0 Å². The summed E-state index contributed by atoms with van der Waals surface area (Å²) in [5.41, 5.74) is 1.84. The number of carbonyl (C=O) groups is 1. The van der Waals surface area contributed by atoms with Crippen LogP contribution in [-0.4, -0.2) is 24.1 Å². The van der Waals surface area contributed by atoms with Gasteiger partial charge in [-0.1, -0.05) is 75.7 Å². The minimum absolute atomic E-state index is 0.0537. The van der Waals surface area contributed by atoms with Gasteiger partial charge in [-0.05, 0) is 48.3 Å². The predicted molar refractivity (Wildman–Crippen MR) is 118 cm³/mol. The molecule has 4 nitrogen and oxygen atoms in total. The average molecular weight is 406 g/mol. The molecule has 0 spiro atoms. The lowest BCUT2D eigenvalue weighted by molar-refractivity contribution is -0.165. The molecule has 0 bridgehead atoms. The van der Waals surface area contributed by atoms with Gasteiger partial charge in [-0.3, -0.25) is 0 Å². The molecular formula is C26H31NO3. The Morgan fingerprint density at radius 1 is 1.03 bits per heavy atom. The van der Waals surface area contributed by atoms with Crippen LogP contribution in [0.25, 0.3) is 0 Å². The second-order valence-corrected chi connectivity index (χ2v) is 9.00. The zero-order chi connectivity index (χ0) is 21.1. The first-order chi connectivity index (χ1) is 14.5. The molecule has 1 saturated carbocycles. The summed E-state index contributed by atoms with van der Waals surface area (Å²) < 4.78 is 12.2. The smallest absolute Gasteiger partial charge is 0.350 e. The SMILES string of the molecule is CC(C)[C@@H]1CC[C@H](C)CC1OC(=O)C1OC(c2ccccc2)=NC1c1ccccc1. The van der Waals surface area contributed by atoms with Gasteiger partial charge in [0.05, 0.1) is 0 Å². The summed E-state index contributed by atoms with van der Waals surface area (Å²) in [6.07, 6.45) is 2.42. The molecule has 0 saturated heterocycles. The van der Waals surface area contributed by atoms with Crippen LogP contribution < -0.4 is 0 Å². The maximum atomic E-state index is 13.3. The van der Waals surface area contributed by atoms with E-state index in [0.29, 0.717) is 23.7 Å². The third-order valence-electron chi connectivity index (χ3n) is 6.40. The van der Waals surface area contributed by atoms with E-state index < -0.39 is 12.1 Å². The normalized spacial score (nSPS) is 28.7. The molecule has 0 aromatic heterocycles. The number of benzene rings is 2. The fourth-order valence-electron chi connectivity index (χ4n) is 4.68. The van der Waals surface area contributed by atoms with Crippen molar-refractivity contribution in [3.05, 3.63) is 71.8 Å². The fraction of sp³-hybridized carbons (Fsp3) is 0.462. The third kappa shape index (κ3) is 4.43. The molecule has 30 heavy (non-hydrogen) atoms. The molecule has 0 radical (unpaired) electrons. The van der Waals surface area contributed by atoms with Gasteiger partial charge >= 0.3 is 5.97 Å². The van der Waals surface area contributed by atoms with Crippen molar-refractivity contribution in [2.24, 2.45) is 22.7 Å². The first kappa shape index (κ1) is 20.6. The number of carbonyl (C=O) groups excluding carboxylic acids is 1. The van der Waals surface area contributed by atoms with E-state index in [2.05, 4.69) is 20.8 Å². The minimum Gasteiger partial charge on any atom is -0.459 e. The van der Waals surface area contributed by atoms with Gasteiger partial charge in [0, 0.05) is 5.56 Å². The van der Waals surface area contributed by atoms with E-state index in [9.17, 15) is 4.79 Å². The number of aliphatic imine (C=N–C) groups is 1. The average Bonchev–Trinajstić information content (AvgIpc) is 3.20. The molecule has 2 aliphatic rings. The van der Waals surface area contributed by atoms with Crippen molar-refractivity contribution < 1.29 is 14.3 Å². The summed E-state index contributed by atoms with van der Waals surface area (Å²) in [6.45, 7) is 6.68. The number of hydrogen-bond donors (Lipinski definition) is 0. The highest BCUT2D eigenvalue weighted by atomic mass is 16.6. The Balaban J connectivity index is 1.57. The maximum Gasteiger partial charge on any atom is 0.350 e. The van der Waals surface area contributed by atoms with E-state index in [1.54, 1.807) is 0 Å². The molecule has 0 N–H and O–H groups in total. The Kier molecular flexibility index (Phi) is 6.21. The monoisotopic (exact) mass is 405 g/mol. The highest BCUT2D eigenvalue weighted by Gasteiger charge is 2.42. The number of ether oxygens (including phenoxy) is 2. The van der Waals surface area contributed by atoms with Gasteiger partial charge in [0.1, 0.15) is 12.1 Å². The first-order valence-corrected chi connectivity index (χ1v) is 11.1. The van der Waals surface area contributed by atoms with Crippen LogP contribution in [-0.2, 0) is 14.3 Å². The first-order valence-electron chi connectivity index (χ1n) is 11.1. The molecule has 1 aliphatic heterocycles. The van der Waals surface area contributed by atoms with Gasteiger partial charge in [0.25, 0.3) is 0 Å². The molecular weight excluding hydrogens is 374 g/mol. The van der Waals surface area contributed by atoms with E-state index >= 15 is 0 Å². The van der Waals surface area contributed by atoms with E-state index in [1.807, 2.05) is 60.7 Å². The predicted octanol–water partition coefficient (Wildman–Crippen LogP) is 5.58. The summed E-state index contributed by atoms with van der Waals surface area (Å²) in [7, 11) is 0. The van der Waals surface area contributed by atoms with Crippen molar-refractivity contribution in [3.8, 4) is 0 Å². The van der Waals surface area contributed by atoms with Crippen LogP contribution in [0, 0.1) is 17.8 Å². The van der Waals surface area contributed by atoms with E-state index in [-0.39, 0.29) is 12.1 Å². The summed E-state index contributed by atoms with van der Waals surface area (Å²) in [5.74, 6) is 1.66. The summed E-state index contributed by atoms with van der Waals surface area (Å²) in [5, 5.41) is 0. The van der Waals surface area contributed by atoms with Crippen LogP contribution in [0.1, 0.15) is 57.2 Å². The van der Waals surface area contributed by atoms with Crippen molar-refractivity contribution in [2.45, 2.75) is 58.3 Å².